The summed E-state index contributed by atoms with van der Waals surface area (Å²) in [6.45, 7) is 2.47. The van der Waals surface area contributed by atoms with Gasteiger partial charge in [-0.15, -0.1) is 11.3 Å². The molecule has 6 heteroatoms. The molecule has 0 fully saturated rings. The lowest BCUT2D eigenvalue weighted by atomic mass is 10.2. The van der Waals surface area contributed by atoms with E-state index in [1.54, 1.807) is 16.8 Å². The molecule has 0 saturated carbocycles. The Morgan fingerprint density at radius 2 is 2.33 bits per heavy atom. The Labute approximate surface area is 131 Å². The van der Waals surface area contributed by atoms with Gasteiger partial charge in [-0.2, -0.15) is 0 Å². The highest BCUT2D eigenvalue weighted by molar-refractivity contribution is 14.1. The molecule has 0 aliphatic carbocycles. The van der Waals surface area contributed by atoms with E-state index in [9.17, 15) is 4.79 Å². The third kappa shape index (κ3) is 3.30. The normalized spacial score (nSPS) is 10.4. The number of nitrogens with zero attached hydrogens (tertiary/aromatic N) is 1. The lowest BCUT2D eigenvalue weighted by Crippen LogP contribution is -2.23. The molecule has 0 bridgehead atoms. The number of carbonyl (C=O) groups excluding carboxylic acids is 1. The topological polar surface area (TPSA) is 42.0 Å². The van der Waals surface area contributed by atoms with Crippen molar-refractivity contribution in [3.63, 3.8) is 0 Å². The summed E-state index contributed by atoms with van der Waals surface area (Å²) in [5.41, 5.74) is 3.45. The number of thiazole rings is 1. The van der Waals surface area contributed by atoms with Gasteiger partial charge in [0.2, 0.25) is 0 Å². The summed E-state index contributed by atoms with van der Waals surface area (Å²) < 4.78 is 1.84. The van der Waals surface area contributed by atoms with E-state index in [4.69, 9.17) is 0 Å². The number of benzene rings is 1. The Morgan fingerprint density at radius 1 is 1.56 bits per heavy atom. The van der Waals surface area contributed by atoms with Crippen LogP contribution in [0.3, 0.4) is 0 Å². The van der Waals surface area contributed by atoms with Crippen molar-refractivity contribution in [2.75, 3.05) is 0 Å². The van der Waals surface area contributed by atoms with Gasteiger partial charge in [0.05, 0.1) is 23.3 Å². The minimum atomic E-state index is -0.0616. The fourth-order valence-corrected chi connectivity index (χ4v) is 3.08. The molecule has 0 aliphatic rings. The van der Waals surface area contributed by atoms with Crippen molar-refractivity contribution >= 4 is 55.8 Å². The molecule has 1 heterocycles. The van der Waals surface area contributed by atoms with Crippen molar-refractivity contribution in [1.29, 1.82) is 0 Å². The van der Waals surface area contributed by atoms with E-state index in [0.717, 1.165) is 18.6 Å². The van der Waals surface area contributed by atoms with Crippen LogP contribution < -0.4 is 5.32 Å². The van der Waals surface area contributed by atoms with E-state index >= 15 is 0 Å². The molecule has 3 nitrogen and oxygen atoms in total. The predicted octanol–water partition coefficient (Wildman–Crippen LogP) is 3.75. The molecule has 0 saturated heterocycles. The quantitative estimate of drug-likeness (QED) is 0.744. The van der Waals surface area contributed by atoms with Gasteiger partial charge in [-0.3, -0.25) is 4.79 Å². The summed E-state index contributed by atoms with van der Waals surface area (Å²) >= 11 is 7.09. The fourth-order valence-electron chi connectivity index (χ4n) is 1.42. The second-order valence-electron chi connectivity index (χ2n) is 3.67. The van der Waals surface area contributed by atoms with Gasteiger partial charge in [0.15, 0.2) is 0 Å². The van der Waals surface area contributed by atoms with Crippen LogP contribution in [-0.4, -0.2) is 10.9 Å². The van der Waals surface area contributed by atoms with Crippen LogP contribution in [0.15, 0.2) is 28.2 Å². The molecule has 0 spiro atoms. The van der Waals surface area contributed by atoms with Gasteiger partial charge in [-0.1, -0.05) is 15.9 Å². The molecule has 1 aromatic carbocycles. The van der Waals surface area contributed by atoms with Crippen molar-refractivity contribution in [3.05, 3.63) is 47.9 Å². The predicted molar refractivity (Wildman–Crippen MR) is 84.9 cm³/mol. The minimum absolute atomic E-state index is 0.0616. The zero-order chi connectivity index (χ0) is 13.1. The molecule has 0 aliphatic heterocycles. The van der Waals surface area contributed by atoms with E-state index in [1.807, 2.05) is 25.1 Å². The molecule has 94 valence electrons. The van der Waals surface area contributed by atoms with E-state index in [1.165, 1.54) is 0 Å². The summed E-state index contributed by atoms with van der Waals surface area (Å²) in [4.78, 5) is 17.3. The number of rotatable bonds is 3. The number of hydrogen-bond acceptors (Lipinski definition) is 3. The van der Waals surface area contributed by atoms with Crippen molar-refractivity contribution in [2.24, 2.45) is 0 Å². The number of halogens is 2. The van der Waals surface area contributed by atoms with Crippen LogP contribution >= 0.6 is 49.9 Å². The first-order valence-electron chi connectivity index (χ1n) is 5.20. The van der Waals surface area contributed by atoms with Crippen molar-refractivity contribution < 1.29 is 4.79 Å². The highest BCUT2D eigenvalue weighted by Gasteiger charge is 2.11. The first-order valence-corrected chi connectivity index (χ1v) is 7.95. The summed E-state index contributed by atoms with van der Waals surface area (Å²) in [6, 6.07) is 5.67. The van der Waals surface area contributed by atoms with Crippen LogP contribution in [0.2, 0.25) is 0 Å². The van der Waals surface area contributed by atoms with Crippen molar-refractivity contribution in [1.82, 2.24) is 10.3 Å². The minimum Gasteiger partial charge on any atom is -0.347 e. The number of nitrogens with one attached hydrogen (secondary N) is 1. The van der Waals surface area contributed by atoms with Crippen LogP contribution in [-0.2, 0) is 6.54 Å². The van der Waals surface area contributed by atoms with Gasteiger partial charge in [-0.25, -0.2) is 4.98 Å². The molecule has 1 amide bonds. The summed E-state index contributed by atoms with van der Waals surface area (Å²) in [6.07, 6.45) is 0. The first kappa shape index (κ1) is 14.0. The van der Waals surface area contributed by atoms with Crippen LogP contribution in [0.4, 0.5) is 0 Å². The average molecular weight is 437 g/mol. The number of aromatic nitrogens is 1. The smallest absolute Gasteiger partial charge is 0.252 e. The van der Waals surface area contributed by atoms with Gasteiger partial charge < -0.3 is 5.32 Å². The van der Waals surface area contributed by atoms with Crippen molar-refractivity contribution in [3.8, 4) is 0 Å². The molecule has 0 unspecified atom stereocenters. The molecule has 18 heavy (non-hydrogen) atoms. The third-order valence-electron chi connectivity index (χ3n) is 2.43. The van der Waals surface area contributed by atoms with E-state index in [0.29, 0.717) is 12.1 Å². The molecule has 2 rings (SSSR count). The van der Waals surface area contributed by atoms with Crippen LogP contribution in [0.5, 0.6) is 0 Å². The van der Waals surface area contributed by atoms with Crippen LogP contribution in [0, 0.1) is 10.5 Å². The Morgan fingerprint density at radius 3 is 3.00 bits per heavy atom. The number of aryl methyl sites for hydroxylation is 1. The highest BCUT2D eigenvalue weighted by atomic mass is 127. The Bertz CT molecular complexity index is 585. The van der Waals surface area contributed by atoms with Crippen LogP contribution in [0.25, 0.3) is 0 Å². The maximum Gasteiger partial charge on any atom is 0.252 e. The van der Waals surface area contributed by atoms with Crippen LogP contribution in [0.1, 0.15) is 20.9 Å². The van der Waals surface area contributed by atoms with E-state index in [-0.39, 0.29) is 5.91 Å². The van der Waals surface area contributed by atoms with E-state index in [2.05, 4.69) is 48.8 Å². The molecular weight excluding hydrogens is 427 g/mol. The molecule has 1 N–H and O–H groups in total. The monoisotopic (exact) mass is 436 g/mol. The van der Waals surface area contributed by atoms with Gasteiger partial charge in [0.1, 0.15) is 0 Å². The maximum atomic E-state index is 12.1. The summed E-state index contributed by atoms with van der Waals surface area (Å²) in [5.74, 6) is -0.0616. The zero-order valence-electron chi connectivity index (χ0n) is 9.54. The standard InChI is InChI=1S/C12H10BrIN2OS/c1-7-11(18-6-16-7)5-15-12(17)9-4-8(13)2-3-10(9)14/h2-4,6H,5H2,1H3,(H,15,17). The average Bonchev–Trinajstić information content (AvgIpc) is 2.75. The lowest BCUT2D eigenvalue weighted by molar-refractivity contribution is 0.0950. The molecule has 2 aromatic rings. The number of carbonyl (C=O) groups is 1. The lowest BCUT2D eigenvalue weighted by Gasteiger charge is -2.06. The second-order valence-corrected chi connectivity index (χ2v) is 6.68. The number of hydrogen-bond donors (Lipinski definition) is 1. The molecule has 0 radical (unpaired) electrons. The first-order chi connectivity index (χ1) is 8.58. The summed E-state index contributed by atoms with van der Waals surface area (Å²) in [5, 5.41) is 2.92. The second kappa shape index (κ2) is 6.12. The van der Waals surface area contributed by atoms with Gasteiger partial charge >= 0.3 is 0 Å². The molecule has 0 atom stereocenters. The third-order valence-corrected chi connectivity index (χ3v) is 4.80. The Balaban J connectivity index is 2.08. The largest absolute Gasteiger partial charge is 0.347 e. The Hall–Kier alpha value is -0.470. The molecular formula is C12H10BrIN2OS. The SMILES string of the molecule is Cc1ncsc1CNC(=O)c1cc(Br)ccc1I. The van der Waals surface area contributed by atoms with Gasteiger partial charge in [-0.05, 0) is 47.7 Å². The Kier molecular flexibility index (Phi) is 4.74. The number of amides is 1. The maximum absolute atomic E-state index is 12.1. The van der Waals surface area contributed by atoms with Gasteiger partial charge in [0.25, 0.3) is 5.91 Å². The van der Waals surface area contributed by atoms with Crippen molar-refractivity contribution in [2.45, 2.75) is 13.5 Å². The van der Waals surface area contributed by atoms with E-state index < -0.39 is 0 Å². The van der Waals surface area contributed by atoms with Gasteiger partial charge in [0, 0.05) is 12.9 Å². The highest BCUT2D eigenvalue weighted by Crippen LogP contribution is 2.19. The molecule has 1 aromatic heterocycles. The zero-order valence-corrected chi connectivity index (χ0v) is 14.1. The summed E-state index contributed by atoms with van der Waals surface area (Å²) in [7, 11) is 0. The fraction of sp³-hybridized carbons (Fsp3) is 0.167.